The minimum Gasteiger partial charge on any atom is -0.354 e. The molecule has 2 aliphatic rings. The molecule has 0 bridgehead atoms. The molecule has 6 nitrogen and oxygen atoms in total. The van der Waals surface area contributed by atoms with Gasteiger partial charge in [0.15, 0.2) is 0 Å². The smallest absolute Gasteiger partial charge is 0.234 e. The highest BCUT2D eigenvalue weighted by Gasteiger charge is 2.26. The van der Waals surface area contributed by atoms with E-state index in [1.165, 1.54) is 24.3 Å². The molecular formula is C26H28F2N4O2. The number of amides is 2. The number of carbonyl (C=O) groups excluding carboxylic acids is 2. The van der Waals surface area contributed by atoms with Crippen molar-refractivity contribution in [3.63, 3.8) is 0 Å². The number of carbonyl (C=O) groups is 2. The molecule has 1 aliphatic carbocycles. The fourth-order valence-corrected chi connectivity index (χ4v) is 4.59. The van der Waals surface area contributed by atoms with Crippen molar-refractivity contribution in [2.24, 2.45) is 0 Å². The van der Waals surface area contributed by atoms with E-state index in [2.05, 4.69) is 15.2 Å². The molecule has 178 valence electrons. The number of aryl methyl sites for hydroxylation is 1. The molecule has 0 unspecified atom stereocenters. The van der Waals surface area contributed by atoms with E-state index in [-0.39, 0.29) is 23.4 Å². The summed E-state index contributed by atoms with van der Waals surface area (Å²) >= 11 is 0. The quantitative estimate of drug-likeness (QED) is 0.560. The fourth-order valence-electron chi connectivity index (χ4n) is 4.59. The van der Waals surface area contributed by atoms with Crippen LogP contribution < -0.4 is 5.32 Å². The van der Waals surface area contributed by atoms with Gasteiger partial charge < -0.3 is 15.2 Å². The van der Waals surface area contributed by atoms with Crippen molar-refractivity contribution in [2.45, 2.75) is 31.7 Å². The second kappa shape index (κ2) is 9.54. The van der Waals surface area contributed by atoms with Crippen LogP contribution >= 0.6 is 0 Å². The lowest BCUT2D eigenvalue weighted by Gasteiger charge is -2.34. The van der Waals surface area contributed by atoms with Crippen molar-refractivity contribution in [1.82, 2.24) is 20.1 Å². The summed E-state index contributed by atoms with van der Waals surface area (Å²) in [5.41, 5.74) is 3.20. The maximum absolute atomic E-state index is 14.0. The third-order valence-electron chi connectivity index (χ3n) is 6.62. The van der Waals surface area contributed by atoms with Crippen LogP contribution in [-0.2, 0) is 16.0 Å². The first-order valence-electron chi connectivity index (χ1n) is 11.8. The molecule has 2 amide bonds. The van der Waals surface area contributed by atoms with Gasteiger partial charge in [-0.05, 0) is 72.9 Å². The standard InChI is InChI=1S/C26H28F2N4O2/c27-18-3-1-17(2-4-18)26-21(22-15-19(28)5-9-23(22)30-26)8-10-25(34)32-13-11-31(12-14-32)16-24(33)29-20-6-7-20/h1-5,9,15,20,30H,6-8,10-14,16H2,(H,29,33). The average molecular weight is 467 g/mol. The van der Waals surface area contributed by atoms with Gasteiger partial charge in [-0.1, -0.05) is 0 Å². The van der Waals surface area contributed by atoms with Crippen LogP contribution in [0.3, 0.4) is 0 Å². The van der Waals surface area contributed by atoms with Gasteiger partial charge in [-0.2, -0.15) is 0 Å². The van der Waals surface area contributed by atoms with Gasteiger partial charge in [-0.3, -0.25) is 14.5 Å². The van der Waals surface area contributed by atoms with E-state index in [1.54, 1.807) is 18.2 Å². The van der Waals surface area contributed by atoms with E-state index in [0.717, 1.165) is 40.6 Å². The summed E-state index contributed by atoms with van der Waals surface area (Å²) in [5.74, 6) is -0.571. The van der Waals surface area contributed by atoms with Gasteiger partial charge in [0.25, 0.3) is 0 Å². The second-order valence-electron chi connectivity index (χ2n) is 9.17. The number of piperazine rings is 1. The average Bonchev–Trinajstić information content (AvgIpc) is 3.57. The Labute approximate surface area is 196 Å². The lowest BCUT2D eigenvalue weighted by molar-refractivity contribution is -0.133. The number of nitrogens with zero attached hydrogens (tertiary/aromatic N) is 2. The zero-order valence-corrected chi connectivity index (χ0v) is 18.9. The minimum absolute atomic E-state index is 0.0397. The number of hydrogen-bond donors (Lipinski definition) is 2. The third kappa shape index (κ3) is 5.12. The Morgan fingerprint density at radius 2 is 1.68 bits per heavy atom. The first-order chi connectivity index (χ1) is 16.5. The third-order valence-corrected chi connectivity index (χ3v) is 6.62. The van der Waals surface area contributed by atoms with E-state index in [9.17, 15) is 18.4 Å². The van der Waals surface area contributed by atoms with E-state index in [0.29, 0.717) is 51.6 Å². The molecule has 1 aromatic heterocycles. The summed E-state index contributed by atoms with van der Waals surface area (Å²) < 4.78 is 27.4. The molecule has 8 heteroatoms. The van der Waals surface area contributed by atoms with Crippen molar-refractivity contribution >= 4 is 22.7 Å². The molecule has 2 heterocycles. The fraction of sp³-hybridized carbons (Fsp3) is 0.385. The molecule has 0 atom stereocenters. The highest BCUT2D eigenvalue weighted by atomic mass is 19.1. The molecule has 2 N–H and O–H groups in total. The van der Waals surface area contributed by atoms with Gasteiger partial charge in [0.1, 0.15) is 11.6 Å². The molecule has 2 aromatic carbocycles. The number of halogens is 2. The largest absolute Gasteiger partial charge is 0.354 e. The lowest BCUT2D eigenvalue weighted by Crippen LogP contribution is -2.51. The highest BCUT2D eigenvalue weighted by Crippen LogP contribution is 2.32. The zero-order valence-electron chi connectivity index (χ0n) is 18.9. The lowest BCUT2D eigenvalue weighted by atomic mass is 10.0. The zero-order chi connectivity index (χ0) is 23.7. The van der Waals surface area contributed by atoms with Crippen LogP contribution in [0.4, 0.5) is 8.78 Å². The normalized spacial score (nSPS) is 16.7. The van der Waals surface area contributed by atoms with E-state index in [4.69, 9.17) is 0 Å². The molecule has 3 aromatic rings. The van der Waals surface area contributed by atoms with Crippen LogP contribution in [0.2, 0.25) is 0 Å². The van der Waals surface area contributed by atoms with Crippen LogP contribution in [0.15, 0.2) is 42.5 Å². The summed E-state index contributed by atoms with van der Waals surface area (Å²) in [7, 11) is 0. The number of benzene rings is 2. The Kier molecular flexibility index (Phi) is 6.32. The molecule has 34 heavy (non-hydrogen) atoms. The van der Waals surface area contributed by atoms with Crippen molar-refractivity contribution < 1.29 is 18.4 Å². The number of rotatable bonds is 7. The van der Waals surface area contributed by atoms with Crippen LogP contribution in [0.5, 0.6) is 0 Å². The van der Waals surface area contributed by atoms with Gasteiger partial charge >= 0.3 is 0 Å². The molecule has 5 rings (SSSR count). The SMILES string of the molecule is O=C(CN1CCN(C(=O)CCc2c(-c3ccc(F)cc3)[nH]c3ccc(F)cc23)CC1)NC1CC1. The summed E-state index contributed by atoms with van der Waals surface area (Å²) in [6.07, 6.45) is 2.87. The topological polar surface area (TPSA) is 68.4 Å². The Morgan fingerprint density at radius 3 is 2.38 bits per heavy atom. The summed E-state index contributed by atoms with van der Waals surface area (Å²) in [6, 6.07) is 11.0. The monoisotopic (exact) mass is 466 g/mol. The van der Waals surface area contributed by atoms with E-state index < -0.39 is 0 Å². The van der Waals surface area contributed by atoms with Crippen LogP contribution in [0.25, 0.3) is 22.2 Å². The van der Waals surface area contributed by atoms with E-state index >= 15 is 0 Å². The summed E-state index contributed by atoms with van der Waals surface area (Å²) in [4.78, 5) is 32.2. The van der Waals surface area contributed by atoms with Gasteiger partial charge in [-0.15, -0.1) is 0 Å². The number of aromatic amines is 1. The maximum atomic E-state index is 14.0. The van der Waals surface area contributed by atoms with Crippen molar-refractivity contribution in [3.8, 4) is 11.3 Å². The number of H-pyrrole nitrogens is 1. The Balaban J connectivity index is 1.24. The molecule has 1 aliphatic heterocycles. The number of fused-ring (bicyclic) bond motifs is 1. The first-order valence-corrected chi connectivity index (χ1v) is 11.8. The Bertz CT molecular complexity index is 1200. The van der Waals surface area contributed by atoms with Crippen LogP contribution in [0.1, 0.15) is 24.8 Å². The van der Waals surface area contributed by atoms with Gasteiger partial charge in [-0.25, -0.2) is 8.78 Å². The molecule has 2 fully saturated rings. The summed E-state index contributed by atoms with van der Waals surface area (Å²) in [6.45, 7) is 2.89. The second-order valence-corrected chi connectivity index (χ2v) is 9.17. The maximum Gasteiger partial charge on any atom is 0.234 e. The Morgan fingerprint density at radius 1 is 0.971 bits per heavy atom. The highest BCUT2D eigenvalue weighted by molar-refractivity contribution is 5.91. The molecule has 0 radical (unpaired) electrons. The molecule has 1 saturated carbocycles. The van der Waals surface area contributed by atoms with Crippen molar-refractivity contribution in [3.05, 3.63) is 59.7 Å². The summed E-state index contributed by atoms with van der Waals surface area (Å²) in [5, 5.41) is 3.73. The van der Waals surface area contributed by atoms with Gasteiger partial charge in [0, 0.05) is 55.2 Å². The van der Waals surface area contributed by atoms with Crippen molar-refractivity contribution in [2.75, 3.05) is 32.7 Å². The number of aromatic nitrogens is 1. The van der Waals surface area contributed by atoms with Crippen molar-refractivity contribution in [1.29, 1.82) is 0 Å². The minimum atomic E-state index is -0.341. The van der Waals surface area contributed by atoms with Crippen LogP contribution in [0, 0.1) is 11.6 Å². The number of nitrogens with one attached hydrogen (secondary N) is 2. The first kappa shape index (κ1) is 22.5. The molecule has 1 saturated heterocycles. The number of hydrogen-bond acceptors (Lipinski definition) is 3. The predicted octanol–water partition coefficient (Wildman–Crippen LogP) is 3.47. The van der Waals surface area contributed by atoms with E-state index in [1.807, 2.05) is 4.90 Å². The van der Waals surface area contributed by atoms with Gasteiger partial charge in [0.05, 0.1) is 6.54 Å². The van der Waals surface area contributed by atoms with Gasteiger partial charge in [0.2, 0.25) is 11.8 Å². The molecule has 0 spiro atoms. The predicted molar refractivity (Wildman–Crippen MR) is 126 cm³/mol. The Hall–Kier alpha value is -3.26. The van der Waals surface area contributed by atoms with Crippen LogP contribution in [-0.4, -0.2) is 65.4 Å². The molecular weight excluding hydrogens is 438 g/mol.